The van der Waals surface area contributed by atoms with E-state index in [1.807, 2.05) is 0 Å². The number of hydrogen-bond donors (Lipinski definition) is 3. The van der Waals surface area contributed by atoms with Gasteiger partial charge in [0.1, 0.15) is 0 Å². The summed E-state index contributed by atoms with van der Waals surface area (Å²) in [4.78, 5) is 9.29. The van der Waals surface area contributed by atoms with Crippen molar-refractivity contribution in [2.45, 2.75) is 0 Å². The molecule has 0 heterocycles. The van der Waals surface area contributed by atoms with Gasteiger partial charge < -0.3 is 11.3 Å². The Hall–Kier alpha value is -0.220. The van der Waals surface area contributed by atoms with Crippen LogP contribution in [0, 0.1) is 0 Å². The van der Waals surface area contributed by atoms with Gasteiger partial charge in [-0.2, -0.15) is 12.6 Å². The second kappa shape index (κ2) is 4.78. The molecule has 4 heteroatoms. The summed E-state index contributed by atoms with van der Waals surface area (Å²) >= 11 is 3.42. The van der Waals surface area contributed by atoms with Crippen molar-refractivity contribution in [1.29, 1.82) is 0 Å². The molecule has 0 rings (SSSR count). The number of aliphatic carboxylic acids is 1. The van der Waals surface area contributed by atoms with Gasteiger partial charge in [-0.3, -0.25) is 4.79 Å². The van der Waals surface area contributed by atoms with Gasteiger partial charge in [0.2, 0.25) is 0 Å². The molecule has 0 aromatic rings. The summed E-state index contributed by atoms with van der Waals surface area (Å²) in [5, 5.41) is 7.65. The lowest BCUT2D eigenvalue weighted by molar-refractivity contribution is -0.133. The monoisotopic (exact) mass is 110 g/mol. The lowest BCUT2D eigenvalue weighted by atomic mass is 10.8. The Bertz CT molecular complexity index is 46.8. The molecule has 0 aliphatic rings. The molecule has 5 N–H and O–H groups in total. The average molecular weight is 110 g/mol. The van der Waals surface area contributed by atoms with Gasteiger partial charge in [0, 0.05) is 0 Å². The second-order valence-electron chi connectivity index (χ2n) is 0.552. The summed E-state index contributed by atoms with van der Waals surface area (Å²) in [6, 6.07) is 0. The Morgan fingerprint density at radius 2 is 2.00 bits per heavy atom. The van der Waals surface area contributed by atoms with Crippen molar-refractivity contribution in [2.75, 3.05) is 5.75 Å². The van der Waals surface area contributed by atoms with Crippen LogP contribution in [0.4, 0.5) is 0 Å². The molecule has 0 aromatic carbocycles. The lowest BCUT2D eigenvalue weighted by Crippen LogP contribution is -1.92. The summed E-state index contributed by atoms with van der Waals surface area (Å²) in [5.41, 5.74) is 0. The molecule has 0 radical (unpaired) electrons. The molecule has 3 nitrogen and oxygen atoms in total. The fourth-order valence-electron chi connectivity index (χ4n) is 0. The van der Waals surface area contributed by atoms with E-state index in [9.17, 15) is 4.79 Å². The summed E-state index contributed by atoms with van der Waals surface area (Å²) in [6.07, 6.45) is 0. The SMILES string of the molecule is O=C(O)CS.[NH4+]. The van der Waals surface area contributed by atoms with E-state index in [1.165, 1.54) is 0 Å². The maximum absolute atomic E-state index is 9.29. The zero-order chi connectivity index (χ0) is 4.28. The third kappa shape index (κ3) is 9.22. The van der Waals surface area contributed by atoms with Gasteiger partial charge in [-0.25, -0.2) is 0 Å². The van der Waals surface area contributed by atoms with Crippen LogP contribution in [0.15, 0.2) is 0 Å². The number of carboxylic acids is 1. The minimum absolute atomic E-state index is 0. The first-order valence-electron chi connectivity index (χ1n) is 1.10. The van der Waals surface area contributed by atoms with Gasteiger partial charge in [0.25, 0.3) is 0 Å². The maximum atomic E-state index is 9.29. The van der Waals surface area contributed by atoms with Crippen molar-refractivity contribution in [3.63, 3.8) is 0 Å². The quantitative estimate of drug-likeness (QED) is 0.427. The highest BCUT2D eigenvalue weighted by atomic mass is 32.1. The lowest BCUT2D eigenvalue weighted by Gasteiger charge is -1.71. The first-order valence-corrected chi connectivity index (χ1v) is 1.73. The van der Waals surface area contributed by atoms with E-state index >= 15 is 0 Å². The summed E-state index contributed by atoms with van der Waals surface area (Å²) in [5.74, 6) is -0.965. The fraction of sp³-hybridized carbons (Fsp3) is 0.500. The van der Waals surface area contributed by atoms with E-state index in [0.29, 0.717) is 0 Å². The summed E-state index contributed by atoms with van der Waals surface area (Å²) in [6.45, 7) is 0. The zero-order valence-electron chi connectivity index (χ0n) is 3.51. The first-order chi connectivity index (χ1) is 2.27. The Labute approximate surface area is 41.4 Å². The molecule has 0 aliphatic carbocycles. The van der Waals surface area contributed by atoms with Crippen LogP contribution in [0.25, 0.3) is 0 Å². The number of carbonyl (C=O) groups is 1. The number of quaternary nitrogens is 1. The molecule has 0 saturated heterocycles. The molecule has 0 atom stereocenters. The van der Waals surface area contributed by atoms with E-state index in [0.717, 1.165) is 0 Å². The van der Waals surface area contributed by atoms with Gasteiger partial charge in [-0.1, -0.05) is 0 Å². The van der Waals surface area contributed by atoms with E-state index < -0.39 is 5.97 Å². The van der Waals surface area contributed by atoms with Crippen LogP contribution in [-0.2, 0) is 4.79 Å². The minimum atomic E-state index is -0.881. The Balaban J connectivity index is 0. The number of hydrogen-bond acceptors (Lipinski definition) is 2. The molecule has 0 amide bonds. The highest BCUT2D eigenvalue weighted by Crippen LogP contribution is 1.66. The summed E-state index contributed by atoms with van der Waals surface area (Å²) in [7, 11) is 0. The number of carboxylic acid groups (broad SMARTS) is 1. The predicted molar refractivity (Wildman–Crippen MR) is 27.5 cm³/mol. The molecule has 0 aromatic heterocycles. The van der Waals surface area contributed by atoms with E-state index in [1.54, 1.807) is 0 Å². The van der Waals surface area contributed by atoms with Crippen molar-refractivity contribution in [2.24, 2.45) is 0 Å². The van der Waals surface area contributed by atoms with Gasteiger partial charge in [0.05, 0.1) is 5.75 Å². The van der Waals surface area contributed by atoms with Crippen molar-refractivity contribution in [3.05, 3.63) is 0 Å². The molecule has 0 bridgehead atoms. The van der Waals surface area contributed by atoms with Crippen LogP contribution in [0.3, 0.4) is 0 Å². The molecule has 0 fully saturated rings. The normalized spacial score (nSPS) is 6.17. The van der Waals surface area contributed by atoms with Crippen LogP contribution in [0.5, 0.6) is 0 Å². The molecule has 0 saturated carbocycles. The largest absolute Gasteiger partial charge is 0.481 e. The molecule has 38 valence electrons. The smallest absolute Gasteiger partial charge is 0.313 e. The minimum Gasteiger partial charge on any atom is -0.481 e. The molecule has 0 aliphatic heterocycles. The standard InChI is InChI=1S/C2H4O2S.H3N/c3-2(4)1-5;/h5H,1H2,(H,3,4);1H3/p+1. The van der Waals surface area contributed by atoms with Gasteiger partial charge in [-0.05, 0) is 0 Å². The van der Waals surface area contributed by atoms with Gasteiger partial charge in [0.15, 0.2) is 0 Å². The van der Waals surface area contributed by atoms with Crippen molar-refractivity contribution < 1.29 is 9.90 Å². The van der Waals surface area contributed by atoms with Crippen LogP contribution < -0.4 is 6.15 Å². The Kier molecular flexibility index (Phi) is 7.36. The topological polar surface area (TPSA) is 73.8 Å². The molecular formula is C2H8NO2S+. The summed E-state index contributed by atoms with van der Waals surface area (Å²) < 4.78 is 0. The van der Waals surface area contributed by atoms with Crippen molar-refractivity contribution in [3.8, 4) is 0 Å². The van der Waals surface area contributed by atoms with Crippen LogP contribution in [0.1, 0.15) is 0 Å². The van der Waals surface area contributed by atoms with Crippen LogP contribution >= 0.6 is 12.6 Å². The Morgan fingerprint density at radius 3 is 2.00 bits per heavy atom. The van der Waals surface area contributed by atoms with E-state index in [-0.39, 0.29) is 11.9 Å². The van der Waals surface area contributed by atoms with Gasteiger partial charge >= 0.3 is 5.97 Å². The molecule has 6 heavy (non-hydrogen) atoms. The predicted octanol–water partition coefficient (Wildman–Crippen LogP) is 0.377. The zero-order valence-corrected chi connectivity index (χ0v) is 4.40. The maximum Gasteiger partial charge on any atom is 0.313 e. The van der Waals surface area contributed by atoms with E-state index in [2.05, 4.69) is 12.6 Å². The van der Waals surface area contributed by atoms with Crippen molar-refractivity contribution in [1.82, 2.24) is 6.15 Å². The second-order valence-corrected chi connectivity index (χ2v) is 0.868. The fourth-order valence-corrected chi connectivity index (χ4v) is 0. The van der Waals surface area contributed by atoms with Gasteiger partial charge in [-0.15, -0.1) is 0 Å². The molecule has 0 spiro atoms. The third-order valence-corrected chi connectivity index (χ3v) is 0.406. The first kappa shape index (κ1) is 9.24. The number of thiol groups is 1. The van der Waals surface area contributed by atoms with E-state index in [4.69, 9.17) is 5.11 Å². The van der Waals surface area contributed by atoms with Crippen molar-refractivity contribution >= 4 is 18.6 Å². The Morgan fingerprint density at radius 1 is 1.83 bits per heavy atom. The highest BCUT2D eigenvalue weighted by Gasteiger charge is 1.81. The molecular weight excluding hydrogens is 102 g/mol. The van der Waals surface area contributed by atoms with Crippen LogP contribution in [0.2, 0.25) is 0 Å². The number of rotatable bonds is 1. The molecule has 0 unspecified atom stereocenters. The highest BCUT2D eigenvalue weighted by molar-refractivity contribution is 7.81. The third-order valence-electron chi connectivity index (χ3n) is 0.135. The average Bonchev–Trinajstić information content (AvgIpc) is 1.38. The van der Waals surface area contributed by atoms with Crippen LogP contribution in [-0.4, -0.2) is 16.8 Å².